The molecule has 9 nitrogen and oxygen atoms in total. The lowest BCUT2D eigenvalue weighted by Gasteiger charge is -2.09. The van der Waals surface area contributed by atoms with Gasteiger partial charge in [-0.3, -0.25) is 0 Å². The number of nitrogens with two attached hydrogens (primary N) is 1. The van der Waals surface area contributed by atoms with Crippen LogP contribution in [0.5, 0.6) is 6.01 Å². The normalized spacial score (nSPS) is 10.8. The quantitative estimate of drug-likeness (QED) is 0.781. The number of nitrogen functional groups attached to an aromatic ring is 1. The van der Waals surface area contributed by atoms with Crippen molar-refractivity contribution >= 4 is 11.9 Å². The molecule has 0 fully saturated rings. The summed E-state index contributed by atoms with van der Waals surface area (Å²) in [4.78, 5) is 16.1. The lowest BCUT2D eigenvalue weighted by molar-refractivity contribution is 0.222. The van der Waals surface area contributed by atoms with Crippen molar-refractivity contribution in [1.29, 1.82) is 0 Å². The van der Waals surface area contributed by atoms with Crippen LogP contribution in [0.4, 0.5) is 11.9 Å². The van der Waals surface area contributed by atoms with Gasteiger partial charge in [-0.05, 0) is 20.8 Å². The van der Waals surface area contributed by atoms with E-state index in [4.69, 9.17) is 15.0 Å². The predicted octanol–water partition coefficient (Wildman–Crippen LogP) is 0.587. The standard InChI is InChI=1S/C11H17N7O2/c1-6(2)19-11-16-9(12)15-10(17-11)13-5-4-8-14-7(3)18-20-8/h6H,4-5H2,1-3H3,(H3,12,13,15,16,17). The van der Waals surface area contributed by atoms with E-state index in [0.717, 1.165) is 0 Å². The van der Waals surface area contributed by atoms with Crippen molar-refractivity contribution in [1.82, 2.24) is 25.1 Å². The molecule has 0 aromatic carbocycles. The fourth-order valence-corrected chi connectivity index (χ4v) is 1.44. The highest BCUT2D eigenvalue weighted by molar-refractivity contribution is 5.32. The van der Waals surface area contributed by atoms with Gasteiger partial charge in [-0.25, -0.2) is 0 Å². The minimum absolute atomic E-state index is 0.0361. The van der Waals surface area contributed by atoms with Crippen LogP contribution < -0.4 is 15.8 Å². The topological polar surface area (TPSA) is 125 Å². The van der Waals surface area contributed by atoms with Gasteiger partial charge in [0.05, 0.1) is 6.10 Å². The number of aromatic nitrogens is 5. The Kier molecular flexibility index (Phi) is 4.28. The number of nitrogens with zero attached hydrogens (tertiary/aromatic N) is 5. The van der Waals surface area contributed by atoms with Crippen LogP contribution in [-0.4, -0.2) is 37.7 Å². The molecule has 0 bridgehead atoms. The number of nitrogens with one attached hydrogen (secondary N) is 1. The average Bonchev–Trinajstić information content (AvgIpc) is 2.73. The summed E-state index contributed by atoms with van der Waals surface area (Å²) >= 11 is 0. The minimum atomic E-state index is -0.0361. The van der Waals surface area contributed by atoms with Crippen molar-refractivity contribution in [3.8, 4) is 6.01 Å². The van der Waals surface area contributed by atoms with Crippen molar-refractivity contribution < 1.29 is 9.26 Å². The first-order valence-electron chi connectivity index (χ1n) is 6.24. The van der Waals surface area contributed by atoms with Crippen LogP contribution >= 0.6 is 0 Å². The highest BCUT2D eigenvalue weighted by Gasteiger charge is 2.08. The summed E-state index contributed by atoms with van der Waals surface area (Å²) in [6, 6.07) is 0.198. The smallest absolute Gasteiger partial charge is 0.323 e. The summed E-state index contributed by atoms with van der Waals surface area (Å²) < 4.78 is 10.4. The van der Waals surface area contributed by atoms with Gasteiger partial charge in [-0.1, -0.05) is 5.16 Å². The van der Waals surface area contributed by atoms with Crippen molar-refractivity contribution in [2.45, 2.75) is 33.3 Å². The lowest BCUT2D eigenvalue weighted by Crippen LogP contribution is -2.14. The van der Waals surface area contributed by atoms with E-state index in [2.05, 4.69) is 30.4 Å². The summed E-state index contributed by atoms with van der Waals surface area (Å²) in [6.07, 6.45) is 0.526. The molecule has 0 amide bonds. The van der Waals surface area contributed by atoms with Gasteiger partial charge in [0.2, 0.25) is 17.8 Å². The van der Waals surface area contributed by atoms with Gasteiger partial charge in [0, 0.05) is 13.0 Å². The summed E-state index contributed by atoms with van der Waals surface area (Å²) in [7, 11) is 0. The van der Waals surface area contributed by atoms with Crippen LogP contribution in [0.3, 0.4) is 0 Å². The van der Waals surface area contributed by atoms with Crippen molar-refractivity contribution in [2.75, 3.05) is 17.6 Å². The third-order valence-electron chi connectivity index (χ3n) is 2.16. The van der Waals surface area contributed by atoms with Gasteiger partial charge in [-0.15, -0.1) is 0 Å². The highest BCUT2D eigenvalue weighted by Crippen LogP contribution is 2.10. The lowest BCUT2D eigenvalue weighted by atomic mass is 10.4. The molecule has 2 aromatic heterocycles. The monoisotopic (exact) mass is 279 g/mol. The molecule has 0 aliphatic carbocycles. The van der Waals surface area contributed by atoms with Crippen LogP contribution in [0.25, 0.3) is 0 Å². The van der Waals surface area contributed by atoms with E-state index >= 15 is 0 Å². The maximum atomic E-state index is 5.60. The van der Waals surface area contributed by atoms with Crippen LogP contribution in [0.1, 0.15) is 25.6 Å². The Morgan fingerprint density at radius 1 is 1.25 bits per heavy atom. The third-order valence-corrected chi connectivity index (χ3v) is 2.16. The molecule has 3 N–H and O–H groups in total. The number of hydrogen-bond donors (Lipinski definition) is 2. The Bertz CT molecular complexity index is 570. The zero-order valence-electron chi connectivity index (χ0n) is 11.6. The van der Waals surface area contributed by atoms with Gasteiger partial charge in [-0.2, -0.15) is 19.9 Å². The molecule has 2 aromatic rings. The SMILES string of the molecule is Cc1noc(CCNc2nc(N)nc(OC(C)C)n2)n1. The number of hydrogen-bond acceptors (Lipinski definition) is 9. The first-order chi connectivity index (χ1) is 9.52. The largest absolute Gasteiger partial charge is 0.461 e. The first kappa shape index (κ1) is 14.0. The van der Waals surface area contributed by atoms with E-state index in [1.807, 2.05) is 13.8 Å². The molecule has 0 spiro atoms. The Hall–Kier alpha value is -2.45. The molecular weight excluding hydrogens is 262 g/mol. The summed E-state index contributed by atoms with van der Waals surface area (Å²) in [5.41, 5.74) is 5.60. The Labute approximate surface area is 116 Å². The molecule has 0 aliphatic heterocycles. The molecule has 0 saturated heterocycles. The summed E-state index contributed by atoms with van der Waals surface area (Å²) in [6.45, 7) is 6.06. The highest BCUT2D eigenvalue weighted by atomic mass is 16.5. The fraction of sp³-hybridized carbons (Fsp3) is 0.545. The molecule has 0 aliphatic rings. The Morgan fingerprint density at radius 3 is 2.70 bits per heavy atom. The molecular formula is C11H17N7O2. The molecule has 20 heavy (non-hydrogen) atoms. The second-order valence-electron chi connectivity index (χ2n) is 4.38. The Morgan fingerprint density at radius 2 is 2.05 bits per heavy atom. The average molecular weight is 279 g/mol. The fourth-order valence-electron chi connectivity index (χ4n) is 1.44. The molecule has 0 atom stereocenters. The number of ether oxygens (including phenoxy) is 1. The van der Waals surface area contributed by atoms with Gasteiger partial charge in [0.15, 0.2) is 5.82 Å². The maximum absolute atomic E-state index is 5.60. The molecule has 0 saturated carbocycles. The first-order valence-corrected chi connectivity index (χ1v) is 6.24. The van der Waals surface area contributed by atoms with E-state index in [1.165, 1.54) is 0 Å². The van der Waals surface area contributed by atoms with Crippen LogP contribution in [0.2, 0.25) is 0 Å². The molecule has 0 radical (unpaired) electrons. The minimum Gasteiger partial charge on any atom is -0.461 e. The summed E-state index contributed by atoms with van der Waals surface area (Å²) in [5, 5.41) is 6.71. The van der Waals surface area contributed by atoms with Gasteiger partial charge < -0.3 is 20.3 Å². The zero-order valence-corrected chi connectivity index (χ0v) is 11.6. The van der Waals surface area contributed by atoms with E-state index in [0.29, 0.717) is 30.6 Å². The number of aryl methyl sites for hydroxylation is 1. The molecule has 2 heterocycles. The van der Waals surface area contributed by atoms with Crippen molar-refractivity contribution in [2.24, 2.45) is 0 Å². The number of rotatable bonds is 6. The Balaban J connectivity index is 1.93. The van der Waals surface area contributed by atoms with Crippen LogP contribution in [-0.2, 0) is 6.42 Å². The van der Waals surface area contributed by atoms with E-state index in [1.54, 1.807) is 6.92 Å². The van der Waals surface area contributed by atoms with Crippen LogP contribution in [0.15, 0.2) is 4.52 Å². The van der Waals surface area contributed by atoms with Gasteiger partial charge >= 0.3 is 6.01 Å². The summed E-state index contributed by atoms with van der Waals surface area (Å²) in [5.74, 6) is 1.61. The molecule has 9 heteroatoms. The van der Waals surface area contributed by atoms with E-state index < -0.39 is 0 Å². The molecule has 108 valence electrons. The number of anilines is 2. The second kappa shape index (κ2) is 6.13. The molecule has 2 rings (SSSR count). The maximum Gasteiger partial charge on any atom is 0.323 e. The van der Waals surface area contributed by atoms with Crippen molar-refractivity contribution in [3.63, 3.8) is 0 Å². The van der Waals surface area contributed by atoms with Crippen molar-refractivity contribution in [3.05, 3.63) is 11.7 Å². The second-order valence-corrected chi connectivity index (χ2v) is 4.38. The zero-order chi connectivity index (χ0) is 14.5. The predicted molar refractivity (Wildman–Crippen MR) is 71.2 cm³/mol. The third kappa shape index (κ3) is 4.04. The van der Waals surface area contributed by atoms with Gasteiger partial charge in [0.1, 0.15) is 0 Å². The van der Waals surface area contributed by atoms with Gasteiger partial charge in [0.25, 0.3) is 0 Å². The van der Waals surface area contributed by atoms with E-state index in [-0.39, 0.29) is 18.1 Å². The van der Waals surface area contributed by atoms with E-state index in [9.17, 15) is 0 Å². The molecule has 0 unspecified atom stereocenters. The van der Waals surface area contributed by atoms with Crippen LogP contribution in [0, 0.1) is 6.92 Å².